The highest BCUT2D eigenvalue weighted by Crippen LogP contribution is 2.27. The lowest BCUT2D eigenvalue weighted by Gasteiger charge is -2.43. The van der Waals surface area contributed by atoms with Crippen molar-refractivity contribution in [2.45, 2.75) is 85.8 Å². The third-order valence-corrected chi connectivity index (χ3v) is 5.74. The normalized spacial score (nSPS) is 42.7. The zero-order valence-corrected chi connectivity index (χ0v) is 17.9. The van der Waals surface area contributed by atoms with Crippen molar-refractivity contribution in [1.29, 1.82) is 0 Å². The van der Waals surface area contributed by atoms with Gasteiger partial charge in [-0.1, -0.05) is 0 Å². The molecule has 0 aliphatic carbocycles. The summed E-state index contributed by atoms with van der Waals surface area (Å²) in [6, 6.07) is 0. The first kappa shape index (κ1) is 29.6. The van der Waals surface area contributed by atoms with Crippen LogP contribution in [0.1, 0.15) is 0 Å². The molecule has 16 heteroatoms. The van der Waals surface area contributed by atoms with E-state index in [2.05, 4.69) is 0 Å². The second-order valence-corrected chi connectivity index (χ2v) is 8.13. The monoisotopic (exact) mass is 506 g/mol. The summed E-state index contributed by atoms with van der Waals surface area (Å²) >= 11 is 0. The molecule has 202 valence electrons. The van der Waals surface area contributed by atoms with Crippen LogP contribution >= 0.6 is 0 Å². The van der Waals surface area contributed by atoms with Crippen molar-refractivity contribution in [2.75, 3.05) is 26.4 Å². The van der Waals surface area contributed by atoms with E-state index < -0.39 is 112 Å². The highest BCUT2D eigenvalue weighted by molar-refractivity contribution is 4.92. The van der Waals surface area contributed by atoms with Gasteiger partial charge in [-0.05, 0) is 0 Å². The standard InChI is InChI=1S/C18H34O16/c19-1-5(22)9(23)10(24)6(2-20)33-18-16(30)14(28)12(26)8(34-18)4-31-17-15(29)13(27)11(25)7(3-21)32-17/h5-30H,1-4H2/t5-,6-,7-,8-,9-,10-,11+,12-,13+,14+,15-,16+,17-,18+/m1/s1. The molecule has 0 radical (unpaired) electrons. The molecule has 2 heterocycles. The summed E-state index contributed by atoms with van der Waals surface area (Å²) in [7, 11) is 0. The van der Waals surface area contributed by atoms with E-state index in [1.165, 1.54) is 0 Å². The molecule has 16 nitrogen and oxygen atoms in total. The van der Waals surface area contributed by atoms with Gasteiger partial charge in [-0.2, -0.15) is 0 Å². The highest BCUT2D eigenvalue weighted by Gasteiger charge is 2.48. The van der Waals surface area contributed by atoms with Crippen molar-refractivity contribution in [3.8, 4) is 0 Å². The summed E-state index contributed by atoms with van der Waals surface area (Å²) < 4.78 is 21.0. The summed E-state index contributed by atoms with van der Waals surface area (Å²) in [6.45, 7) is -3.21. The maximum Gasteiger partial charge on any atom is 0.187 e. The third kappa shape index (κ3) is 6.56. The number of hydrogen-bond acceptors (Lipinski definition) is 16. The van der Waals surface area contributed by atoms with Gasteiger partial charge in [0.15, 0.2) is 12.6 Å². The van der Waals surface area contributed by atoms with Crippen LogP contribution in [0, 0.1) is 0 Å². The maximum atomic E-state index is 10.2. The average Bonchev–Trinajstić information content (AvgIpc) is 2.84. The molecule has 0 aromatic rings. The Balaban J connectivity index is 2.05. The Bertz CT molecular complexity index is 596. The van der Waals surface area contributed by atoms with Crippen LogP contribution in [0.15, 0.2) is 0 Å². The van der Waals surface area contributed by atoms with Crippen molar-refractivity contribution in [2.24, 2.45) is 0 Å². The second-order valence-electron chi connectivity index (χ2n) is 8.13. The molecule has 12 N–H and O–H groups in total. The Kier molecular flexibility index (Phi) is 11.4. The largest absolute Gasteiger partial charge is 0.394 e. The van der Waals surface area contributed by atoms with Gasteiger partial charge in [0.1, 0.15) is 73.2 Å². The van der Waals surface area contributed by atoms with Gasteiger partial charge in [0.2, 0.25) is 0 Å². The zero-order chi connectivity index (χ0) is 25.7. The lowest BCUT2D eigenvalue weighted by Crippen LogP contribution is -2.62. The predicted octanol–water partition coefficient (Wildman–Crippen LogP) is -7.94. The van der Waals surface area contributed by atoms with Crippen LogP contribution in [-0.4, -0.2) is 174 Å². The quantitative estimate of drug-likeness (QED) is 0.124. The van der Waals surface area contributed by atoms with E-state index in [9.17, 15) is 56.2 Å². The maximum absolute atomic E-state index is 10.2. The van der Waals surface area contributed by atoms with E-state index in [-0.39, 0.29) is 0 Å². The first-order valence-corrected chi connectivity index (χ1v) is 10.5. The second kappa shape index (κ2) is 13.1. The minimum Gasteiger partial charge on any atom is -0.394 e. The van der Waals surface area contributed by atoms with E-state index in [1.807, 2.05) is 0 Å². The molecule has 2 saturated heterocycles. The van der Waals surface area contributed by atoms with Gasteiger partial charge >= 0.3 is 0 Å². The summed E-state index contributed by atoms with van der Waals surface area (Å²) in [5.74, 6) is 0. The summed E-state index contributed by atoms with van der Waals surface area (Å²) in [6.07, 6.45) is -24.2. The molecule has 0 amide bonds. The summed E-state index contributed by atoms with van der Waals surface area (Å²) in [5, 5.41) is 117. The van der Waals surface area contributed by atoms with Gasteiger partial charge in [-0.3, -0.25) is 0 Å². The lowest BCUT2D eigenvalue weighted by atomic mass is 9.98. The topological polar surface area (TPSA) is 280 Å². The lowest BCUT2D eigenvalue weighted by molar-refractivity contribution is -0.341. The fourth-order valence-corrected chi connectivity index (χ4v) is 3.52. The molecule has 2 fully saturated rings. The highest BCUT2D eigenvalue weighted by atomic mass is 16.7. The van der Waals surface area contributed by atoms with Gasteiger partial charge in [0, 0.05) is 0 Å². The fourth-order valence-electron chi connectivity index (χ4n) is 3.52. The molecule has 0 aromatic heterocycles. The minimum absolute atomic E-state index is 0.633. The van der Waals surface area contributed by atoms with Gasteiger partial charge in [-0.25, -0.2) is 0 Å². The van der Waals surface area contributed by atoms with Gasteiger partial charge in [-0.15, -0.1) is 0 Å². The number of aliphatic hydroxyl groups excluding tert-OH is 12. The molecule has 0 aromatic carbocycles. The molecule has 0 spiro atoms. The van der Waals surface area contributed by atoms with E-state index in [1.54, 1.807) is 0 Å². The number of rotatable bonds is 11. The van der Waals surface area contributed by atoms with Crippen molar-refractivity contribution in [3.05, 3.63) is 0 Å². The summed E-state index contributed by atoms with van der Waals surface area (Å²) in [4.78, 5) is 0. The van der Waals surface area contributed by atoms with E-state index in [4.69, 9.17) is 24.1 Å². The van der Waals surface area contributed by atoms with E-state index in [0.717, 1.165) is 0 Å². The minimum atomic E-state index is -1.96. The Hall–Kier alpha value is -0.640. The molecule has 14 atom stereocenters. The molecule has 0 bridgehead atoms. The molecular weight excluding hydrogens is 472 g/mol. The molecule has 0 unspecified atom stereocenters. The van der Waals surface area contributed by atoms with Crippen LogP contribution in [0.4, 0.5) is 0 Å². The van der Waals surface area contributed by atoms with Crippen LogP contribution in [-0.2, 0) is 18.9 Å². The average molecular weight is 506 g/mol. The number of aliphatic hydroxyl groups is 12. The first-order chi connectivity index (χ1) is 16.0. The third-order valence-electron chi connectivity index (χ3n) is 5.74. The summed E-state index contributed by atoms with van der Waals surface area (Å²) in [5.41, 5.74) is 0. The number of ether oxygens (including phenoxy) is 4. The van der Waals surface area contributed by atoms with Crippen LogP contribution in [0.3, 0.4) is 0 Å². The fraction of sp³-hybridized carbons (Fsp3) is 1.00. The predicted molar refractivity (Wildman–Crippen MR) is 103 cm³/mol. The van der Waals surface area contributed by atoms with Gasteiger partial charge in [0.25, 0.3) is 0 Å². The molecule has 0 saturated carbocycles. The molecule has 2 rings (SSSR count). The van der Waals surface area contributed by atoms with E-state index in [0.29, 0.717) is 0 Å². The van der Waals surface area contributed by atoms with Gasteiger partial charge in [0.05, 0.1) is 26.4 Å². The van der Waals surface area contributed by atoms with E-state index >= 15 is 0 Å². The molecule has 34 heavy (non-hydrogen) atoms. The SMILES string of the molecule is OC[C@@H](O)[C@@H](O)[C@H](O)[C@@H](CO)O[C@H]1O[C@H](CO[C@@H]2O[C@H](CO)[C@H](O)[C@H](O)[C@H]2O)[C@@H](O)[C@H](O)[C@@H]1O. The van der Waals surface area contributed by atoms with Crippen molar-refractivity contribution in [1.82, 2.24) is 0 Å². The Morgan fingerprint density at radius 1 is 0.618 bits per heavy atom. The number of hydrogen-bond donors (Lipinski definition) is 12. The first-order valence-electron chi connectivity index (χ1n) is 10.5. The smallest absolute Gasteiger partial charge is 0.187 e. The Morgan fingerprint density at radius 3 is 1.68 bits per heavy atom. The van der Waals surface area contributed by atoms with Crippen molar-refractivity contribution >= 4 is 0 Å². The molecule has 2 aliphatic rings. The van der Waals surface area contributed by atoms with Crippen LogP contribution in [0.25, 0.3) is 0 Å². The Labute approximate surface area is 193 Å². The van der Waals surface area contributed by atoms with Gasteiger partial charge < -0.3 is 80.2 Å². The van der Waals surface area contributed by atoms with Crippen LogP contribution in [0.5, 0.6) is 0 Å². The van der Waals surface area contributed by atoms with Crippen molar-refractivity contribution in [3.63, 3.8) is 0 Å². The van der Waals surface area contributed by atoms with Crippen LogP contribution in [0.2, 0.25) is 0 Å². The van der Waals surface area contributed by atoms with Crippen molar-refractivity contribution < 1.29 is 80.2 Å². The zero-order valence-electron chi connectivity index (χ0n) is 17.9. The Morgan fingerprint density at radius 2 is 1.15 bits per heavy atom. The van der Waals surface area contributed by atoms with Crippen LogP contribution < -0.4 is 0 Å². The molecular formula is C18H34O16. The molecule has 2 aliphatic heterocycles.